The predicted molar refractivity (Wildman–Crippen MR) is 114 cm³/mol. The topological polar surface area (TPSA) is 66.8 Å². The quantitative estimate of drug-likeness (QED) is 0.680. The van der Waals surface area contributed by atoms with Crippen molar-refractivity contribution in [2.75, 3.05) is 19.6 Å². The van der Waals surface area contributed by atoms with E-state index in [-0.39, 0.29) is 11.4 Å². The van der Waals surface area contributed by atoms with Crippen molar-refractivity contribution in [3.05, 3.63) is 57.4 Å². The van der Waals surface area contributed by atoms with E-state index in [9.17, 15) is 9.18 Å². The average molecular weight is 410 g/mol. The van der Waals surface area contributed by atoms with Gasteiger partial charge < -0.3 is 4.90 Å². The van der Waals surface area contributed by atoms with E-state index < -0.39 is 0 Å². The zero-order chi connectivity index (χ0) is 20.9. The first-order valence-electron chi connectivity index (χ1n) is 10.8. The van der Waals surface area contributed by atoms with E-state index in [0.717, 1.165) is 61.0 Å². The number of halogens is 1. The van der Waals surface area contributed by atoms with Crippen molar-refractivity contribution in [2.45, 2.75) is 39.0 Å². The van der Waals surface area contributed by atoms with Crippen LogP contribution in [0.1, 0.15) is 36.0 Å². The fraction of sp³-hybridized carbons (Fsp3) is 0.522. The van der Waals surface area contributed by atoms with E-state index in [1.54, 1.807) is 24.1 Å². The number of benzene rings is 1. The van der Waals surface area contributed by atoms with E-state index in [1.165, 1.54) is 12.8 Å². The van der Waals surface area contributed by atoms with Crippen LogP contribution in [0, 0.1) is 24.1 Å². The SMILES string of the molecule is Cc1c(CCCN2CC3(CC(Cc4ccc5cnn(C)c5c4F)C3)C2)cn[nH]c1=O. The molecule has 2 fully saturated rings. The van der Waals surface area contributed by atoms with Crippen molar-refractivity contribution in [1.29, 1.82) is 0 Å². The molecular formula is C23H28FN5O. The molecule has 30 heavy (non-hydrogen) atoms. The van der Waals surface area contributed by atoms with Gasteiger partial charge in [-0.15, -0.1) is 0 Å². The Morgan fingerprint density at radius 1 is 1.23 bits per heavy atom. The molecule has 2 aromatic heterocycles. The van der Waals surface area contributed by atoms with Gasteiger partial charge in [-0.2, -0.15) is 10.2 Å². The van der Waals surface area contributed by atoms with E-state index in [4.69, 9.17) is 0 Å². The molecule has 7 heteroatoms. The maximum absolute atomic E-state index is 14.9. The Morgan fingerprint density at radius 2 is 2.03 bits per heavy atom. The number of aryl methyl sites for hydroxylation is 2. The maximum atomic E-state index is 14.9. The fourth-order valence-electron chi connectivity index (χ4n) is 5.60. The molecule has 1 aromatic carbocycles. The molecule has 3 heterocycles. The minimum absolute atomic E-state index is 0.0881. The summed E-state index contributed by atoms with van der Waals surface area (Å²) < 4.78 is 16.5. The highest BCUT2D eigenvalue weighted by atomic mass is 19.1. The van der Waals surface area contributed by atoms with Gasteiger partial charge in [0.15, 0.2) is 5.82 Å². The first-order chi connectivity index (χ1) is 14.4. The molecule has 6 nitrogen and oxygen atoms in total. The van der Waals surface area contributed by atoms with Crippen LogP contribution in [0.2, 0.25) is 0 Å². The summed E-state index contributed by atoms with van der Waals surface area (Å²) in [5.74, 6) is 0.477. The average Bonchev–Trinajstić information content (AvgIpc) is 3.04. The zero-order valence-electron chi connectivity index (χ0n) is 17.6. The molecular weight excluding hydrogens is 381 g/mol. The number of hydrogen-bond acceptors (Lipinski definition) is 4. The van der Waals surface area contributed by atoms with E-state index in [2.05, 4.69) is 20.2 Å². The molecule has 0 atom stereocenters. The molecule has 3 aromatic rings. The number of rotatable bonds is 6. The molecule has 1 aliphatic heterocycles. The Morgan fingerprint density at radius 3 is 2.83 bits per heavy atom. The smallest absolute Gasteiger partial charge is 0.267 e. The number of aromatic amines is 1. The lowest BCUT2D eigenvalue weighted by Gasteiger charge is -2.59. The molecule has 0 radical (unpaired) electrons. The Balaban J connectivity index is 1.09. The molecule has 0 unspecified atom stereocenters. The van der Waals surface area contributed by atoms with Gasteiger partial charge in [0.2, 0.25) is 0 Å². The van der Waals surface area contributed by atoms with Gasteiger partial charge in [-0.05, 0) is 68.0 Å². The standard InChI is InChI=1S/C23H28FN5O/c1-15-18(11-25-27-22(15)30)4-3-7-29-13-23(14-29)9-16(10-23)8-17-5-6-19-12-26-28(2)21(19)20(17)24/h5-6,11-12,16H,3-4,7-10,13-14H2,1-2H3,(H,27,30). The third-order valence-electron chi connectivity index (χ3n) is 7.12. The summed E-state index contributed by atoms with van der Waals surface area (Å²) in [7, 11) is 1.80. The van der Waals surface area contributed by atoms with E-state index in [1.807, 2.05) is 19.1 Å². The summed E-state index contributed by atoms with van der Waals surface area (Å²) in [4.78, 5) is 14.1. The van der Waals surface area contributed by atoms with Crippen LogP contribution < -0.4 is 5.56 Å². The number of hydrogen-bond donors (Lipinski definition) is 1. The molecule has 0 bridgehead atoms. The summed E-state index contributed by atoms with van der Waals surface area (Å²) in [6.07, 6.45) is 8.65. The van der Waals surface area contributed by atoms with Gasteiger partial charge in [0.25, 0.3) is 5.56 Å². The van der Waals surface area contributed by atoms with Crippen LogP contribution in [0.15, 0.2) is 29.3 Å². The second kappa shape index (κ2) is 7.30. The monoisotopic (exact) mass is 409 g/mol. The second-order valence-electron chi connectivity index (χ2n) is 9.39. The lowest BCUT2D eigenvalue weighted by atomic mass is 9.56. The zero-order valence-corrected chi connectivity index (χ0v) is 17.6. The van der Waals surface area contributed by atoms with Crippen molar-refractivity contribution >= 4 is 10.9 Å². The van der Waals surface area contributed by atoms with Crippen molar-refractivity contribution < 1.29 is 4.39 Å². The summed E-state index contributed by atoms with van der Waals surface area (Å²) in [6.45, 7) is 5.22. The first-order valence-corrected chi connectivity index (χ1v) is 10.8. The van der Waals surface area contributed by atoms with Crippen LogP contribution in [0.3, 0.4) is 0 Å². The second-order valence-corrected chi connectivity index (χ2v) is 9.39. The number of likely N-dealkylation sites (tertiary alicyclic amines) is 1. The van der Waals surface area contributed by atoms with E-state index >= 15 is 0 Å². The maximum Gasteiger partial charge on any atom is 0.267 e. The van der Waals surface area contributed by atoms with Crippen LogP contribution in [0.25, 0.3) is 10.9 Å². The lowest BCUT2D eigenvalue weighted by Crippen LogP contribution is -2.62. The van der Waals surface area contributed by atoms with Crippen LogP contribution in [0.4, 0.5) is 4.39 Å². The number of nitrogens with zero attached hydrogens (tertiary/aromatic N) is 4. The minimum Gasteiger partial charge on any atom is -0.302 e. The predicted octanol–water partition coefficient (Wildman–Crippen LogP) is 2.99. The first kappa shape index (κ1) is 19.4. The summed E-state index contributed by atoms with van der Waals surface area (Å²) in [5, 5.41) is 11.4. The molecule has 1 N–H and O–H groups in total. The fourth-order valence-corrected chi connectivity index (χ4v) is 5.60. The van der Waals surface area contributed by atoms with Crippen LogP contribution in [0.5, 0.6) is 0 Å². The van der Waals surface area contributed by atoms with E-state index in [0.29, 0.717) is 16.8 Å². The van der Waals surface area contributed by atoms with Gasteiger partial charge in [-0.3, -0.25) is 9.48 Å². The Labute approximate surface area is 175 Å². The number of aromatic nitrogens is 4. The van der Waals surface area contributed by atoms with Gasteiger partial charge in [0.05, 0.1) is 12.4 Å². The molecule has 158 valence electrons. The Hall–Kier alpha value is -2.54. The largest absolute Gasteiger partial charge is 0.302 e. The summed E-state index contributed by atoms with van der Waals surface area (Å²) in [5.41, 5.74) is 3.63. The van der Waals surface area contributed by atoms with Crippen molar-refractivity contribution in [2.24, 2.45) is 18.4 Å². The summed E-state index contributed by atoms with van der Waals surface area (Å²) >= 11 is 0. The molecule has 2 aliphatic rings. The third kappa shape index (κ3) is 3.35. The highest BCUT2D eigenvalue weighted by molar-refractivity contribution is 5.80. The molecule has 5 rings (SSSR count). The number of fused-ring (bicyclic) bond motifs is 1. The highest BCUT2D eigenvalue weighted by Gasteiger charge is 2.51. The number of nitrogens with one attached hydrogen (secondary N) is 1. The van der Waals surface area contributed by atoms with Gasteiger partial charge in [-0.25, -0.2) is 9.49 Å². The van der Waals surface area contributed by atoms with Gasteiger partial charge in [0, 0.05) is 31.1 Å². The van der Waals surface area contributed by atoms with Crippen LogP contribution >= 0.6 is 0 Å². The highest BCUT2D eigenvalue weighted by Crippen LogP contribution is 2.53. The molecule has 1 saturated carbocycles. The van der Waals surface area contributed by atoms with Gasteiger partial charge >= 0.3 is 0 Å². The lowest BCUT2D eigenvalue weighted by molar-refractivity contribution is -0.0938. The molecule has 1 spiro atoms. The van der Waals surface area contributed by atoms with Crippen molar-refractivity contribution in [3.8, 4) is 0 Å². The third-order valence-corrected chi connectivity index (χ3v) is 7.12. The molecule has 1 aliphatic carbocycles. The minimum atomic E-state index is -0.104. The molecule has 0 amide bonds. The van der Waals surface area contributed by atoms with Gasteiger partial charge in [-0.1, -0.05) is 12.1 Å². The Bertz CT molecular complexity index is 1140. The van der Waals surface area contributed by atoms with Gasteiger partial charge in [0.1, 0.15) is 5.52 Å². The normalized spacial score (nSPS) is 18.6. The molecule has 1 saturated heterocycles. The summed E-state index contributed by atoms with van der Waals surface area (Å²) in [6, 6.07) is 3.92. The van der Waals surface area contributed by atoms with Crippen molar-refractivity contribution in [3.63, 3.8) is 0 Å². The van der Waals surface area contributed by atoms with Crippen molar-refractivity contribution in [1.82, 2.24) is 24.9 Å². The number of H-pyrrole nitrogens is 1. The van der Waals surface area contributed by atoms with Crippen LogP contribution in [-0.2, 0) is 19.9 Å². The Kier molecular flexibility index (Phi) is 4.73. The van der Waals surface area contributed by atoms with Crippen LogP contribution in [-0.4, -0.2) is 44.5 Å².